The normalized spacial score (nSPS) is 24.7. The van der Waals surface area contributed by atoms with Crippen molar-refractivity contribution in [3.63, 3.8) is 0 Å². The number of hydroxylamine groups is 2. The molecule has 1 unspecified atom stereocenters. The van der Waals surface area contributed by atoms with Crippen LogP contribution in [-0.4, -0.2) is 71.3 Å². The van der Waals surface area contributed by atoms with Crippen LogP contribution in [0.1, 0.15) is 101 Å². The molecule has 0 radical (unpaired) electrons. The average molecular weight is 804 g/mol. The van der Waals surface area contributed by atoms with Crippen LogP contribution >= 0.6 is 0 Å². The van der Waals surface area contributed by atoms with Gasteiger partial charge in [-0.05, 0) is 105 Å². The van der Waals surface area contributed by atoms with Gasteiger partial charge in [0.25, 0.3) is 5.91 Å². The number of anilines is 1. The molecule has 4 aromatic rings. The van der Waals surface area contributed by atoms with E-state index >= 15 is 0 Å². The number of nitrogens with two attached hydrogens (primary N) is 2. The molecule has 13 heteroatoms. The minimum absolute atomic E-state index is 0.0462. The topological polar surface area (TPSA) is 177 Å². The summed E-state index contributed by atoms with van der Waals surface area (Å²) < 4.78 is 5.27. The molecule has 8 rings (SSSR count). The fourth-order valence-corrected chi connectivity index (χ4v) is 9.70. The molecule has 3 heterocycles. The fourth-order valence-electron chi connectivity index (χ4n) is 9.70. The van der Waals surface area contributed by atoms with Crippen molar-refractivity contribution in [2.75, 3.05) is 26.0 Å². The minimum atomic E-state index is -0.740. The van der Waals surface area contributed by atoms with E-state index in [9.17, 15) is 9.59 Å². The Kier molecular flexibility index (Phi) is 12.6. The van der Waals surface area contributed by atoms with Crippen molar-refractivity contribution < 1.29 is 18.9 Å². The van der Waals surface area contributed by atoms with Gasteiger partial charge in [-0.25, -0.2) is 19.8 Å². The number of guanidine groups is 2. The summed E-state index contributed by atoms with van der Waals surface area (Å²) in [6.45, 7) is 6.49. The highest BCUT2D eigenvalue weighted by Gasteiger charge is 2.48. The van der Waals surface area contributed by atoms with Gasteiger partial charge in [0.05, 0.1) is 19.3 Å². The van der Waals surface area contributed by atoms with E-state index in [2.05, 4.69) is 45.0 Å². The van der Waals surface area contributed by atoms with Gasteiger partial charge < -0.3 is 26.6 Å². The highest BCUT2D eigenvalue weighted by Crippen LogP contribution is 2.41. The number of hydrogen-bond acceptors (Lipinski definition) is 10. The van der Waals surface area contributed by atoms with E-state index in [4.69, 9.17) is 25.8 Å². The van der Waals surface area contributed by atoms with Crippen LogP contribution in [-0.2, 0) is 15.2 Å². The molecule has 4 atom stereocenters. The van der Waals surface area contributed by atoms with E-state index in [-0.39, 0.29) is 18.0 Å². The number of rotatable bonds is 10. The monoisotopic (exact) mass is 803 g/mol. The van der Waals surface area contributed by atoms with Gasteiger partial charge in [-0.15, -0.1) is 0 Å². The van der Waals surface area contributed by atoms with E-state index in [0.717, 1.165) is 83.1 Å². The first-order valence-electron chi connectivity index (χ1n) is 21.3. The molecule has 4 aliphatic rings. The summed E-state index contributed by atoms with van der Waals surface area (Å²) in [4.78, 5) is 42.4. The molecule has 2 fully saturated rings. The maximum Gasteiger partial charge on any atom is 0.319 e. The molecule has 3 aromatic carbocycles. The van der Waals surface area contributed by atoms with Gasteiger partial charge in [-0.1, -0.05) is 98.6 Å². The second-order valence-corrected chi connectivity index (χ2v) is 17.2. The highest BCUT2D eigenvalue weighted by molar-refractivity contribution is 6.06. The maximum absolute atomic E-state index is 13.4. The van der Waals surface area contributed by atoms with Crippen molar-refractivity contribution >= 4 is 40.3 Å². The van der Waals surface area contributed by atoms with E-state index in [0.29, 0.717) is 36.7 Å². The number of nitrogens with one attached hydrogen (secondary N) is 2. The summed E-state index contributed by atoms with van der Waals surface area (Å²) >= 11 is 0. The first-order valence-corrected chi connectivity index (χ1v) is 21.3. The smallest absolute Gasteiger partial charge is 0.319 e. The molecule has 2 saturated carbocycles. The largest absolute Gasteiger partial charge is 0.369 e. The zero-order valence-corrected chi connectivity index (χ0v) is 35.3. The number of carbonyl (C=O) groups excluding carboxylic acids is 2. The van der Waals surface area contributed by atoms with Crippen LogP contribution in [0.4, 0.5) is 10.5 Å². The lowest BCUT2D eigenvalue weighted by molar-refractivity contribution is -0.131. The van der Waals surface area contributed by atoms with E-state index < -0.39 is 11.1 Å². The lowest BCUT2D eigenvalue weighted by atomic mass is 9.74. The number of aliphatic imine (C=N–C) groups is 2. The Balaban J connectivity index is 0.000000204. The molecule has 3 amide bonds. The lowest BCUT2D eigenvalue weighted by Crippen LogP contribution is -2.45. The number of carbonyl (C=O) groups is 2. The molecule has 2 aliphatic carbocycles. The highest BCUT2D eigenvalue weighted by atomic mass is 16.7. The van der Waals surface area contributed by atoms with Gasteiger partial charge in [-0.2, -0.15) is 0 Å². The van der Waals surface area contributed by atoms with Crippen LogP contribution in [0.2, 0.25) is 0 Å². The number of amides is 3. The standard InChI is InChI=1S/C30H41N5O2.C16H20N4O2/c1-35-27(36)30(34-28(35)31,17-16-21-8-3-2-4-9-21)20-22-10-7-13-25(18-22)32-29(37)33-26-15-14-23-11-5-6-12-24(23)19-26;1-10-14(11(2)22-19-10)12-6-5-7-13(8-12)16(3)9-20(21-4)15(17)18-16/h5-6,11-12,14-15,19,21-22,25H,2-4,7-10,13,16-18,20H2,1H3,(H2,31,34)(H2,32,33,37);5-8H,9H2,1-4H3,(H2,17,18)/t22-,25+,30+;/m0./s1. The maximum atomic E-state index is 13.4. The molecule has 59 heavy (non-hydrogen) atoms. The summed E-state index contributed by atoms with van der Waals surface area (Å²) in [7, 11) is 3.33. The first-order chi connectivity index (χ1) is 28.4. The molecule has 1 aromatic heterocycles. The van der Waals surface area contributed by atoms with Crippen LogP contribution in [0, 0.1) is 25.7 Å². The molecular formula is C46H61N9O4. The third-order valence-electron chi connectivity index (χ3n) is 12.9. The predicted octanol–water partition coefficient (Wildman–Crippen LogP) is 8.16. The van der Waals surface area contributed by atoms with Gasteiger partial charge in [-0.3, -0.25) is 14.5 Å². The lowest BCUT2D eigenvalue weighted by Gasteiger charge is -2.35. The Hall–Kier alpha value is -5.43. The first kappa shape index (κ1) is 41.7. The molecule has 0 spiro atoms. The number of benzene rings is 3. The number of likely N-dealkylation sites (N-methyl/N-ethyl adjacent to an activating group) is 1. The number of hydrogen-bond donors (Lipinski definition) is 4. The van der Waals surface area contributed by atoms with Gasteiger partial charge >= 0.3 is 6.03 Å². The predicted molar refractivity (Wildman–Crippen MR) is 234 cm³/mol. The number of urea groups is 1. The Bertz CT molecular complexity index is 2180. The van der Waals surface area contributed by atoms with Crippen molar-refractivity contribution in [2.45, 2.75) is 115 Å². The van der Waals surface area contributed by atoms with Crippen LogP contribution in [0.3, 0.4) is 0 Å². The summed E-state index contributed by atoms with van der Waals surface area (Å²) in [6.07, 6.45) is 12.9. The molecule has 6 N–H and O–H groups in total. The molecule has 0 bridgehead atoms. The second kappa shape index (κ2) is 17.8. The number of aryl methyl sites for hydroxylation is 2. The van der Waals surface area contributed by atoms with Crippen LogP contribution < -0.4 is 22.1 Å². The molecule has 0 saturated heterocycles. The Morgan fingerprint density at radius 1 is 0.915 bits per heavy atom. The summed E-state index contributed by atoms with van der Waals surface area (Å²) in [5, 5.41) is 14.1. The van der Waals surface area contributed by atoms with Crippen molar-refractivity contribution in [1.82, 2.24) is 20.4 Å². The SMILES string of the molecule is CN1C(=O)[C@@](CCC2CCCCC2)(C[C@H]2CCC[C@@H](NC(=O)Nc3ccc4ccccc4c3)C2)N=C1N.CON1CC(C)(c2cccc(-c3c(C)noc3C)c2)N=C1N. The fraction of sp³-hybridized carbons (Fsp3) is 0.500. The van der Waals surface area contributed by atoms with Crippen molar-refractivity contribution in [3.05, 3.63) is 83.7 Å². The number of fused-ring (bicyclic) bond motifs is 1. The summed E-state index contributed by atoms with van der Waals surface area (Å²) in [6, 6.07) is 22.2. The summed E-state index contributed by atoms with van der Waals surface area (Å²) in [5.41, 5.74) is 15.7. The quantitative estimate of drug-likeness (QED) is 0.124. The van der Waals surface area contributed by atoms with Crippen LogP contribution in [0.25, 0.3) is 21.9 Å². The Labute approximate surface area is 348 Å². The summed E-state index contributed by atoms with van der Waals surface area (Å²) in [5.74, 6) is 2.62. The van der Waals surface area contributed by atoms with Gasteiger partial charge in [0, 0.05) is 24.3 Å². The second-order valence-electron chi connectivity index (χ2n) is 17.2. The van der Waals surface area contributed by atoms with Crippen LogP contribution in [0.5, 0.6) is 0 Å². The molecule has 2 aliphatic heterocycles. The van der Waals surface area contributed by atoms with Crippen LogP contribution in [0.15, 0.2) is 81.2 Å². The van der Waals surface area contributed by atoms with Crippen molar-refractivity contribution in [2.24, 2.45) is 33.3 Å². The average Bonchev–Trinajstić information content (AvgIpc) is 3.82. The van der Waals surface area contributed by atoms with Gasteiger partial charge in [0.1, 0.15) is 16.8 Å². The molecular weight excluding hydrogens is 743 g/mol. The third-order valence-corrected chi connectivity index (χ3v) is 12.9. The third kappa shape index (κ3) is 9.40. The zero-order valence-electron chi connectivity index (χ0n) is 35.3. The number of nitrogens with zero attached hydrogens (tertiary/aromatic N) is 5. The van der Waals surface area contributed by atoms with Gasteiger partial charge in [0.15, 0.2) is 5.96 Å². The Morgan fingerprint density at radius 3 is 2.37 bits per heavy atom. The zero-order chi connectivity index (χ0) is 41.7. The minimum Gasteiger partial charge on any atom is -0.369 e. The van der Waals surface area contributed by atoms with E-state index in [1.54, 1.807) is 19.2 Å². The van der Waals surface area contributed by atoms with E-state index in [1.165, 1.54) is 37.0 Å². The van der Waals surface area contributed by atoms with E-state index in [1.807, 2.05) is 63.2 Å². The Morgan fingerprint density at radius 2 is 1.68 bits per heavy atom. The number of aromatic nitrogens is 1. The molecule has 13 nitrogen and oxygen atoms in total. The van der Waals surface area contributed by atoms with Crippen molar-refractivity contribution in [1.29, 1.82) is 0 Å². The van der Waals surface area contributed by atoms with Crippen molar-refractivity contribution in [3.8, 4) is 11.1 Å². The van der Waals surface area contributed by atoms with Gasteiger partial charge in [0.2, 0.25) is 5.96 Å². The molecule has 314 valence electrons.